The highest BCUT2D eigenvalue weighted by molar-refractivity contribution is 8.13. The van der Waals surface area contributed by atoms with Gasteiger partial charge in [0.1, 0.15) is 0 Å². The van der Waals surface area contributed by atoms with Crippen molar-refractivity contribution < 1.29 is 0 Å². The van der Waals surface area contributed by atoms with Crippen molar-refractivity contribution in [2.24, 2.45) is 16.7 Å². The number of hydrogen-bond donors (Lipinski definition) is 2. The molecule has 0 aromatic carbocycles. The summed E-state index contributed by atoms with van der Waals surface area (Å²) >= 11 is 1.40. The van der Waals surface area contributed by atoms with E-state index in [9.17, 15) is 0 Å². The summed E-state index contributed by atoms with van der Waals surface area (Å²) in [4.78, 5) is 0. The van der Waals surface area contributed by atoms with E-state index in [1.807, 2.05) is 24.0 Å². The third-order valence-corrected chi connectivity index (χ3v) is 2.40. The molecule has 0 aliphatic heterocycles. The smallest absolute Gasteiger partial charge is 0.177 e. The molecule has 1 aromatic heterocycles. The molecule has 72 valence electrons. The second-order valence-electron chi connectivity index (χ2n) is 2.46. The lowest BCUT2D eigenvalue weighted by atomic mass is 10.4. The number of thioether (sulfide) groups is 1. The standard InChI is InChI=1S/C7H13N5S/c1-2-12-4-6(3-10-12)5-13-7(8)11-9/h3-4H,2,5,9H2,1H3,(H2,8,11). The van der Waals surface area contributed by atoms with Crippen molar-refractivity contribution in [3.8, 4) is 0 Å². The molecule has 4 N–H and O–H groups in total. The van der Waals surface area contributed by atoms with E-state index in [1.165, 1.54) is 11.8 Å². The van der Waals surface area contributed by atoms with Gasteiger partial charge in [0.05, 0.1) is 6.20 Å². The Morgan fingerprint density at radius 2 is 2.54 bits per heavy atom. The molecule has 0 radical (unpaired) electrons. The first-order chi connectivity index (χ1) is 6.26. The van der Waals surface area contributed by atoms with Crippen molar-refractivity contribution in [2.75, 3.05) is 0 Å². The lowest BCUT2D eigenvalue weighted by molar-refractivity contribution is 0.659. The van der Waals surface area contributed by atoms with E-state index in [0.717, 1.165) is 17.9 Å². The van der Waals surface area contributed by atoms with Crippen LogP contribution in [0.1, 0.15) is 12.5 Å². The minimum absolute atomic E-state index is 0.393. The first kappa shape index (κ1) is 9.91. The van der Waals surface area contributed by atoms with Crippen molar-refractivity contribution in [1.82, 2.24) is 9.78 Å². The maximum Gasteiger partial charge on any atom is 0.177 e. The highest BCUT2D eigenvalue weighted by atomic mass is 32.2. The molecule has 0 aliphatic rings. The van der Waals surface area contributed by atoms with E-state index in [2.05, 4.69) is 10.2 Å². The van der Waals surface area contributed by atoms with E-state index >= 15 is 0 Å². The van der Waals surface area contributed by atoms with Crippen LogP contribution in [0, 0.1) is 0 Å². The zero-order chi connectivity index (χ0) is 9.68. The minimum Gasteiger partial charge on any atom is -0.377 e. The summed E-state index contributed by atoms with van der Waals surface area (Å²) in [6, 6.07) is 0. The molecule has 13 heavy (non-hydrogen) atoms. The molecule has 1 heterocycles. The molecule has 0 spiro atoms. The molecule has 0 fully saturated rings. The van der Waals surface area contributed by atoms with Gasteiger partial charge in [-0.25, -0.2) is 0 Å². The molecule has 0 unspecified atom stereocenters. The first-order valence-electron chi connectivity index (χ1n) is 3.93. The van der Waals surface area contributed by atoms with Crippen LogP contribution < -0.4 is 11.6 Å². The average molecular weight is 199 g/mol. The predicted molar refractivity (Wildman–Crippen MR) is 55.0 cm³/mol. The fourth-order valence-corrected chi connectivity index (χ4v) is 1.39. The van der Waals surface area contributed by atoms with Gasteiger partial charge in [0.25, 0.3) is 0 Å². The predicted octanol–water partition coefficient (Wildman–Crippen LogP) is 0.325. The van der Waals surface area contributed by atoms with Gasteiger partial charge in [0, 0.05) is 24.1 Å². The Morgan fingerprint density at radius 1 is 1.77 bits per heavy atom. The Bertz CT molecular complexity index is 293. The molecule has 0 saturated heterocycles. The van der Waals surface area contributed by atoms with Gasteiger partial charge in [-0.1, -0.05) is 11.8 Å². The van der Waals surface area contributed by atoms with Crippen LogP contribution >= 0.6 is 11.8 Å². The minimum atomic E-state index is 0.393. The van der Waals surface area contributed by atoms with Crippen molar-refractivity contribution in [3.05, 3.63) is 18.0 Å². The molecular formula is C7H13N5S. The van der Waals surface area contributed by atoms with Crippen LogP contribution in [0.15, 0.2) is 17.5 Å². The van der Waals surface area contributed by atoms with E-state index in [1.54, 1.807) is 0 Å². The zero-order valence-electron chi connectivity index (χ0n) is 7.47. The molecule has 1 rings (SSSR count). The third-order valence-electron chi connectivity index (χ3n) is 1.52. The van der Waals surface area contributed by atoms with Crippen molar-refractivity contribution in [1.29, 1.82) is 0 Å². The van der Waals surface area contributed by atoms with Crippen LogP contribution in [0.5, 0.6) is 0 Å². The van der Waals surface area contributed by atoms with Crippen LogP contribution in [-0.2, 0) is 12.3 Å². The van der Waals surface area contributed by atoms with E-state index in [-0.39, 0.29) is 0 Å². The van der Waals surface area contributed by atoms with Gasteiger partial charge in [-0.2, -0.15) is 10.2 Å². The highest BCUT2D eigenvalue weighted by Gasteiger charge is 1.99. The number of rotatable bonds is 3. The van der Waals surface area contributed by atoms with Gasteiger partial charge in [-0.05, 0) is 6.92 Å². The number of aromatic nitrogens is 2. The SMILES string of the molecule is CCn1cc(CSC(N)=NN)cn1. The van der Waals surface area contributed by atoms with Crippen LogP contribution in [0.25, 0.3) is 0 Å². The largest absolute Gasteiger partial charge is 0.377 e. The van der Waals surface area contributed by atoms with Gasteiger partial charge in [0.2, 0.25) is 0 Å². The Kier molecular flexibility index (Phi) is 3.63. The summed E-state index contributed by atoms with van der Waals surface area (Å²) in [5.41, 5.74) is 6.54. The lowest BCUT2D eigenvalue weighted by Crippen LogP contribution is -2.09. The van der Waals surface area contributed by atoms with Gasteiger partial charge >= 0.3 is 0 Å². The summed E-state index contributed by atoms with van der Waals surface area (Å²) in [5.74, 6) is 5.75. The van der Waals surface area contributed by atoms with Gasteiger partial charge in [-0.3, -0.25) is 4.68 Å². The monoisotopic (exact) mass is 199 g/mol. The lowest BCUT2D eigenvalue weighted by Gasteiger charge is -1.95. The molecule has 0 atom stereocenters. The molecule has 1 aromatic rings. The Hall–Kier alpha value is -1.17. The number of hydrazone groups is 1. The molecule has 5 nitrogen and oxygen atoms in total. The maximum absolute atomic E-state index is 5.42. The first-order valence-corrected chi connectivity index (χ1v) is 4.92. The Balaban J connectivity index is 2.45. The van der Waals surface area contributed by atoms with Crippen LogP contribution in [-0.4, -0.2) is 14.9 Å². The molecule has 0 amide bonds. The van der Waals surface area contributed by atoms with Gasteiger partial charge in [-0.15, -0.1) is 0 Å². The molecular weight excluding hydrogens is 186 g/mol. The van der Waals surface area contributed by atoms with Crippen LogP contribution in [0.4, 0.5) is 0 Å². The van der Waals surface area contributed by atoms with E-state index in [0.29, 0.717) is 5.17 Å². The third kappa shape index (κ3) is 2.98. The normalized spacial score (nSPS) is 11.9. The molecule has 6 heteroatoms. The van der Waals surface area contributed by atoms with Crippen LogP contribution in [0.3, 0.4) is 0 Å². The quantitative estimate of drug-likeness (QED) is 0.318. The summed E-state index contributed by atoms with van der Waals surface area (Å²) in [5, 5.41) is 7.88. The Labute approximate surface area is 81.2 Å². The van der Waals surface area contributed by atoms with Gasteiger partial charge in [0.15, 0.2) is 5.17 Å². The van der Waals surface area contributed by atoms with E-state index in [4.69, 9.17) is 11.6 Å². The molecule has 0 saturated carbocycles. The Morgan fingerprint density at radius 3 is 3.08 bits per heavy atom. The summed E-state index contributed by atoms with van der Waals surface area (Å²) in [6.07, 6.45) is 3.80. The summed E-state index contributed by atoms with van der Waals surface area (Å²) in [6.45, 7) is 2.92. The topological polar surface area (TPSA) is 82.2 Å². The second kappa shape index (κ2) is 4.76. The number of aryl methyl sites for hydroxylation is 1. The number of nitrogens with two attached hydrogens (primary N) is 2. The van der Waals surface area contributed by atoms with Crippen LogP contribution in [0.2, 0.25) is 0 Å². The van der Waals surface area contributed by atoms with Gasteiger partial charge < -0.3 is 11.6 Å². The van der Waals surface area contributed by atoms with Crippen molar-refractivity contribution >= 4 is 16.9 Å². The van der Waals surface area contributed by atoms with Crippen molar-refractivity contribution in [2.45, 2.75) is 19.2 Å². The van der Waals surface area contributed by atoms with E-state index < -0.39 is 0 Å². The summed E-state index contributed by atoms with van der Waals surface area (Å²) < 4.78 is 1.87. The highest BCUT2D eigenvalue weighted by Crippen LogP contribution is 2.10. The fraction of sp³-hybridized carbons (Fsp3) is 0.429. The number of nitrogens with zero attached hydrogens (tertiary/aromatic N) is 3. The second-order valence-corrected chi connectivity index (χ2v) is 3.46. The maximum atomic E-state index is 5.42. The number of hydrogen-bond acceptors (Lipinski definition) is 4. The fourth-order valence-electron chi connectivity index (χ4n) is 0.848. The van der Waals surface area contributed by atoms with Crippen molar-refractivity contribution in [3.63, 3.8) is 0 Å². The molecule has 0 bridgehead atoms. The number of amidine groups is 1. The summed E-state index contributed by atoms with van der Waals surface area (Å²) in [7, 11) is 0. The zero-order valence-corrected chi connectivity index (χ0v) is 8.29. The average Bonchev–Trinajstić information content (AvgIpc) is 2.61. The molecule has 0 aliphatic carbocycles.